The third kappa shape index (κ3) is 2.38. The van der Waals surface area contributed by atoms with Gasteiger partial charge in [-0.15, -0.1) is 0 Å². The summed E-state index contributed by atoms with van der Waals surface area (Å²) in [6, 6.07) is 5.74. The lowest BCUT2D eigenvalue weighted by Crippen LogP contribution is -2.09. The molecule has 0 saturated heterocycles. The van der Waals surface area contributed by atoms with Crippen LogP contribution in [0.5, 0.6) is 5.75 Å². The van der Waals surface area contributed by atoms with E-state index in [9.17, 15) is 4.79 Å². The number of nitrogens with zero attached hydrogens (tertiary/aromatic N) is 2. The monoisotopic (exact) mass is 256 g/mol. The first kappa shape index (κ1) is 12.0. The van der Waals surface area contributed by atoms with Crippen LogP contribution in [0.15, 0.2) is 30.6 Å². The third-order valence-corrected chi connectivity index (χ3v) is 3.52. The number of carbonyl (C=O) groups is 1. The minimum absolute atomic E-state index is 0.246. The van der Waals surface area contributed by atoms with Gasteiger partial charge in [-0.3, -0.25) is 4.79 Å². The maximum absolute atomic E-state index is 11.5. The molecular weight excluding hydrogens is 240 g/mol. The minimum atomic E-state index is 0.246. The van der Waals surface area contributed by atoms with Gasteiger partial charge >= 0.3 is 0 Å². The largest absolute Gasteiger partial charge is 0.492 e. The van der Waals surface area contributed by atoms with E-state index in [-0.39, 0.29) is 5.78 Å². The molecule has 98 valence electrons. The van der Waals surface area contributed by atoms with Crippen molar-refractivity contribution < 1.29 is 9.53 Å². The van der Waals surface area contributed by atoms with Crippen molar-refractivity contribution in [2.45, 2.75) is 26.3 Å². The molecule has 0 fully saturated rings. The Kier molecular flexibility index (Phi) is 3.07. The molecule has 4 nitrogen and oxygen atoms in total. The van der Waals surface area contributed by atoms with E-state index >= 15 is 0 Å². The second-order valence-corrected chi connectivity index (χ2v) is 4.76. The molecule has 2 aromatic rings. The van der Waals surface area contributed by atoms with Crippen LogP contribution in [0, 0.1) is 6.92 Å². The Morgan fingerprint density at radius 1 is 1.37 bits per heavy atom. The molecule has 1 aromatic carbocycles. The molecule has 1 aliphatic carbocycles. The van der Waals surface area contributed by atoms with Crippen molar-refractivity contribution in [3.63, 3.8) is 0 Å². The zero-order valence-corrected chi connectivity index (χ0v) is 10.9. The molecule has 1 heterocycles. The van der Waals surface area contributed by atoms with Crippen molar-refractivity contribution in [2.24, 2.45) is 0 Å². The van der Waals surface area contributed by atoms with Gasteiger partial charge in [-0.2, -0.15) is 0 Å². The predicted molar refractivity (Wildman–Crippen MR) is 71.6 cm³/mol. The van der Waals surface area contributed by atoms with Gasteiger partial charge in [0, 0.05) is 24.4 Å². The van der Waals surface area contributed by atoms with Gasteiger partial charge in [0.1, 0.15) is 18.2 Å². The topological polar surface area (TPSA) is 44.1 Å². The van der Waals surface area contributed by atoms with Crippen LogP contribution in [-0.4, -0.2) is 21.9 Å². The maximum Gasteiger partial charge on any atom is 0.163 e. The fourth-order valence-corrected chi connectivity index (χ4v) is 2.42. The Balaban J connectivity index is 1.62. The third-order valence-electron chi connectivity index (χ3n) is 3.52. The Labute approximate surface area is 112 Å². The molecule has 1 aromatic heterocycles. The zero-order valence-electron chi connectivity index (χ0n) is 10.9. The first-order chi connectivity index (χ1) is 9.24. The van der Waals surface area contributed by atoms with E-state index in [0.29, 0.717) is 13.0 Å². The number of aromatic nitrogens is 2. The highest BCUT2D eigenvalue weighted by Gasteiger charge is 2.19. The van der Waals surface area contributed by atoms with Crippen molar-refractivity contribution in [1.82, 2.24) is 9.55 Å². The molecule has 0 unspecified atom stereocenters. The number of carbonyl (C=O) groups excluding carboxylic acids is 1. The summed E-state index contributed by atoms with van der Waals surface area (Å²) in [5.74, 6) is 2.07. The lowest BCUT2D eigenvalue weighted by atomic mass is 10.1. The molecular formula is C15H16N2O2. The molecule has 0 N–H and O–H groups in total. The van der Waals surface area contributed by atoms with E-state index in [1.807, 2.05) is 31.3 Å². The molecule has 0 spiro atoms. The van der Waals surface area contributed by atoms with Gasteiger partial charge in [-0.1, -0.05) is 0 Å². The fourth-order valence-electron chi connectivity index (χ4n) is 2.42. The highest BCUT2D eigenvalue weighted by molar-refractivity contribution is 6.00. The number of ketones is 1. The van der Waals surface area contributed by atoms with Crippen molar-refractivity contribution in [3.05, 3.63) is 47.5 Å². The van der Waals surface area contributed by atoms with Crippen molar-refractivity contribution in [3.8, 4) is 5.75 Å². The van der Waals surface area contributed by atoms with Crippen LogP contribution in [0.1, 0.15) is 28.2 Å². The molecule has 0 radical (unpaired) electrons. The Hall–Kier alpha value is -2.10. The molecule has 4 heteroatoms. The van der Waals surface area contributed by atoms with E-state index in [1.165, 1.54) is 0 Å². The van der Waals surface area contributed by atoms with E-state index in [1.54, 1.807) is 6.20 Å². The van der Waals surface area contributed by atoms with E-state index < -0.39 is 0 Å². The number of hydrogen-bond acceptors (Lipinski definition) is 3. The van der Waals surface area contributed by atoms with Gasteiger partial charge in [-0.05, 0) is 37.1 Å². The standard InChI is InChI=1S/C15H16N2O2/c1-11-16-6-7-17(11)8-9-19-13-3-4-14-12(10-13)2-5-15(14)18/h3-4,6-7,10H,2,5,8-9H2,1H3. The lowest BCUT2D eigenvalue weighted by Gasteiger charge is -2.09. The van der Waals surface area contributed by atoms with Gasteiger partial charge in [0.15, 0.2) is 5.78 Å². The molecule has 19 heavy (non-hydrogen) atoms. The summed E-state index contributed by atoms with van der Waals surface area (Å²) in [5, 5.41) is 0. The summed E-state index contributed by atoms with van der Waals surface area (Å²) in [4.78, 5) is 15.7. The maximum atomic E-state index is 11.5. The molecule has 3 rings (SSSR count). The lowest BCUT2D eigenvalue weighted by molar-refractivity contribution is 0.0994. The Morgan fingerprint density at radius 3 is 3.05 bits per heavy atom. The molecule has 0 aliphatic heterocycles. The van der Waals surface area contributed by atoms with Crippen LogP contribution in [0.2, 0.25) is 0 Å². The quantitative estimate of drug-likeness (QED) is 0.843. The van der Waals surface area contributed by atoms with Gasteiger partial charge in [0.2, 0.25) is 0 Å². The number of Topliss-reactive ketones (excluding diaryl/α,β-unsaturated/α-hetero) is 1. The fraction of sp³-hybridized carbons (Fsp3) is 0.333. The van der Waals surface area contributed by atoms with Gasteiger partial charge < -0.3 is 9.30 Å². The zero-order chi connectivity index (χ0) is 13.2. The highest BCUT2D eigenvalue weighted by atomic mass is 16.5. The van der Waals surface area contributed by atoms with Crippen molar-refractivity contribution in [2.75, 3.05) is 6.61 Å². The van der Waals surface area contributed by atoms with Gasteiger partial charge in [0.25, 0.3) is 0 Å². The van der Waals surface area contributed by atoms with Crippen LogP contribution in [-0.2, 0) is 13.0 Å². The number of benzene rings is 1. The van der Waals surface area contributed by atoms with Crippen LogP contribution in [0.3, 0.4) is 0 Å². The number of hydrogen-bond donors (Lipinski definition) is 0. The van der Waals surface area contributed by atoms with Crippen LogP contribution < -0.4 is 4.74 Å². The Bertz CT molecular complexity index is 616. The van der Waals surface area contributed by atoms with Crippen LogP contribution in [0.25, 0.3) is 0 Å². The first-order valence-corrected chi connectivity index (χ1v) is 6.51. The normalized spacial score (nSPS) is 13.6. The van der Waals surface area contributed by atoms with E-state index in [2.05, 4.69) is 9.55 Å². The smallest absolute Gasteiger partial charge is 0.163 e. The summed E-state index contributed by atoms with van der Waals surface area (Å²) < 4.78 is 7.79. The highest BCUT2D eigenvalue weighted by Crippen LogP contribution is 2.26. The molecule has 0 bridgehead atoms. The minimum Gasteiger partial charge on any atom is -0.492 e. The average molecular weight is 256 g/mol. The second-order valence-electron chi connectivity index (χ2n) is 4.76. The summed E-state index contributed by atoms with van der Waals surface area (Å²) >= 11 is 0. The number of imidazole rings is 1. The summed E-state index contributed by atoms with van der Waals surface area (Å²) in [6.45, 7) is 3.35. The number of rotatable bonds is 4. The summed E-state index contributed by atoms with van der Waals surface area (Å²) in [6.07, 6.45) is 5.20. The van der Waals surface area contributed by atoms with Gasteiger partial charge in [-0.25, -0.2) is 4.98 Å². The van der Waals surface area contributed by atoms with Crippen LogP contribution >= 0.6 is 0 Å². The average Bonchev–Trinajstić information content (AvgIpc) is 2.97. The van der Waals surface area contributed by atoms with Crippen molar-refractivity contribution >= 4 is 5.78 Å². The van der Waals surface area contributed by atoms with E-state index in [0.717, 1.165) is 35.7 Å². The second kappa shape index (κ2) is 4.88. The molecule has 0 atom stereocenters. The summed E-state index contributed by atoms with van der Waals surface area (Å²) in [5.41, 5.74) is 1.97. The molecule has 0 amide bonds. The first-order valence-electron chi connectivity index (χ1n) is 6.51. The van der Waals surface area contributed by atoms with Crippen molar-refractivity contribution in [1.29, 1.82) is 0 Å². The number of ether oxygens (including phenoxy) is 1. The number of aryl methyl sites for hydroxylation is 2. The summed E-state index contributed by atoms with van der Waals surface area (Å²) in [7, 11) is 0. The van der Waals surface area contributed by atoms with E-state index in [4.69, 9.17) is 4.74 Å². The molecule has 0 saturated carbocycles. The van der Waals surface area contributed by atoms with Crippen LogP contribution in [0.4, 0.5) is 0 Å². The Morgan fingerprint density at radius 2 is 2.26 bits per heavy atom. The SMILES string of the molecule is Cc1nccn1CCOc1ccc2c(c1)CCC2=O. The number of fused-ring (bicyclic) bond motifs is 1. The predicted octanol–water partition coefficient (Wildman–Crippen LogP) is 2.40. The molecule has 1 aliphatic rings. The van der Waals surface area contributed by atoms with Gasteiger partial charge in [0.05, 0.1) is 6.54 Å².